The van der Waals surface area contributed by atoms with E-state index in [1.165, 1.54) is 0 Å². The third kappa shape index (κ3) is 4.76. The van der Waals surface area contributed by atoms with Gasteiger partial charge in [-0.1, -0.05) is 0 Å². The second-order valence-electron chi connectivity index (χ2n) is 3.44. The number of carboxylic acid groups (broad SMARTS) is 1. The molecule has 0 saturated heterocycles. The van der Waals surface area contributed by atoms with Gasteiger partial charge in [-0.15, -0.1) is 0 Å². The van der Waals surface area contributed by atoms with Gasteiger partial charge in [0.05, 0.1) is 4.75 Å². The lowest BCUT2D eigenvalue weighted by Crippen LogP contribution is -2.47. The average Bonchev–Trinajstić information content (AvgIpc) is 2.01. The molecule has 0 radical (unpaired) electrons. The first-order valence-electron chi connectivity index (χ1n) is 4.16. The van der Waals surface area contributed by atoms with Gasteiger partial charge in [0.1, 0.15) is 6.04 Å². The molecule has 4 nitrogen and oxygen atoms in total. The molecule has 14 heavy (non-hydrogen) atoms. The number of carbonyl (C=O) groups excluding carboxylic acids is 1. The molecule has 0 saturated carbocycles. The van der Waals surface area contributed by atoms with Crippen molar-refractivity contribution < 1.29 is 14.7 Å². The van der Waals surface area contributed by atoms with Crippen molar-refractivity contribution in [2.75, 3.05) is 5.75 Å². The lowest BCUT2D eigenvalue weighted by molar-refractivity contribution is -0.142. The fraction of sp³-hybridized carbons (Fsp3) is 0.750. The first-order valence-corrected chi connectivity index (χ1v) is 5.24. The molecule has 1 amide bonds. The number of hydrogen-bond donors (Lipinski definition) is 4. The van der Waals surface area contributed by atoms with Crippen LogP contribution in [0.15, 0.2) is 0 Å². The average molecular weight is 237 g/mol. The number of thiol groups is 2. The summed E-state index contributed by atoms with van der Waals surface area (Å²) >= 11 is 7.95. The quantitative estimate of drug-likeness (QED) is 0.529. The van der Waals surface area contributed by atoms with Crippen LogP contribution in [-0.4, -0.2) is 33.5 Å². The predicted octanol–water partition coefficient (Wildman–Crippen LogP) is 0.584. The minimum atomic E-state index is -1.05. The smallest absolute Gasteiger partial charge is 0.326 e. The van der Waals surface area contributed by atoms with Crippen LogP contribution in [0.25, 0.3) is 0 Å². The molecule has 0 aromatic carbocycles. The van der Waals surface area contributed by atoms with E-state index in [1.54, 1.807) is 13.8 Å². The van der Waals surface area contributed by atoms with Gasteiger partial charge in [0.15, 0.2) is 0 Å². The van der Waals surface area contributed by atoms with Crippen LogP contribution >= 0.6 is 25.3 Å². The van der Waals surface area contributed by atoms with Gasteiger partial charge in [0.25, 0.3) is 0 Å². The number of amides is 1. The summed E-state index contributed by atoms with van der Waals surface area (Å²) in [6.07, 6.45) is 0.300. The maximum Gasteiger partial charge on any atom is 0.326 e. The van der Waals surface area contributed by atoms with Crippen molar-refractivity contribution in [1.29, 1.82) is 0 Å². The molecule has 0 aliphatic heterocycles. The Morgan fingerprint density at radius 3 is 2.29 bits per heavy atom. The van der Waals surface area contributed by atoms with Crippen LogP contribution in [0.5, 0.6) is 0 Å². The van der Waals surface area contributed by atoms with Gasteiger partial charge >= 0.3 is 5.97 Å². The van der Waals surface area contributed by atoms with Crippen LogP contribution < -0.4 is 5.32 Å². The summed E-state index contributed by atoms with van der Waals surface area (Å²) in [4.78, 5) is 22.1. The van der Waals surface area contributed by atoms with E-state index in [-0.39, 0.29) is 0 Å². The first kappa shape index (κ1) is 13.6. The van der Waals surface area contributed by atoms with E-state index in [2.05, 4.69) is 30.6 Å². The van der Waals surface area contributed by atoms with Crippen LogP contribution in [0.2, 0.25) is 0 Å². The molecule has 2 N–H and O–H groups in total. The summed E-state index contributed by atoms with van der Waals surface area (Å²) in [6, 6.07) is -0.883. The van der Waals surface area contributed by atoms with Crippen molar-refractivity contribution in [3.8, 4) is 0 Å². The van der Waals surface area contributed by atoms with Crippen LogP contribution in [0.1, 0.15) is 20.3 Å². The zero-order chi connectivity index (χ0) is 11.4. The second-order valence-corrected chi connectivity index (χ2v) is 5.00. The van der Waals surface area contributed by atoms with Gasteiger partial charge in [-0.3, -0.25) is 4.79 Å². The number of carbonyl (C=O) groups is 2. The zero-order valence-corrected chi connectivity index (χ0v) is 9.94. The summed E-state index contributed by atoms with van der Waals surface area (Å²) < 4.78 is -0.871. The van der Waals surface area contributed by atoms with Crippen molar-refractivity contribution in [3.63, 3.8) is 0 Å². The molecular formula is C8H15NO3S2. The maximum absolute atomic E-state index is 11.4. The predicted molar refractivity (Wildman–Crippen MR) is 61.1 cm³/mol. The minimum Gasteiger partial charge on any atom is -0.480 e. The van der Waals surface area contributed by atoms with Gasteiger partial charge in [0, 0.05) is 0 Å². The lowest BCUT2D eigenvalue weighted by Gasteiger charge is -2.20. The van der Waals surface area contributed by atoms with Crippen molar-refractivity contribution in [2.45, 2.75) is 31.1 Å². The third-order valence-corrected chi connectivity index (χ3v) is 2.04. The molecule has 0 spiro atoms. The Morgan fingerprint density at radius 1 is 1.50 bits per heavy atom. The van der Waals surface area contributed by atoms with Gasteiger partial charge in [-0.05, 0) is 26.0 Å². The standard InChI is InChI=1S/C8H15NO3S2/c1-8(2,14)7(12)9-5(3-4-13)6(10)11/h5,13-14H,3-4H2,1-2H3,(H,9,12)(H,10,11). The molecule has 1 atom stereocenters. The fourth-order valence-electron chi connectivity index (χ4n) is 0.721. The first-order chi connectivity index (χ1) is 6.29. The molecule has 0 fully saturated rings. The molecule has 0 heterocycles. The Bertz CT molecular complexity index is 225. The normalized spacial score (nSPS) is 13.4. The van der Waals surface area contributed by atoms with Gasteiger partial charge in [0.2, 0.25) is 5.91 Å². The largest absolute Gasteiger partial charge is 0.480 e. The maximum atomic E-state index is 11.4. The highest BCUT2D eigenvalue weighted by molar-refractivity contribution is 7.82. The number of hydrogen-bond acceptors (Lipinski definition) is 4. The summed E-state index contributed by atoms with van der Waals surface area (Å²) in [7, 11) is 0. The highest BCUT2D eigenvalue weighted by Gasteiger charge is 2.27. The molecular weight excluding hydrogens is 222 g/mol. The number of carboxylic acids is 1. The van der Waals surface area contributed by atoms with E-state index < -0.39 is 22.7 Å². The summed E-state index contributed by atoms with van der Waals surface area (Å²) in [5, 5.41) is 11.1. The minimum absolute atomic E-state index is 0.300. The van der Waals surface area contributed by atoms with Crippen molar-refractivity contribution >= 4 is 37.1 Å². The molecule has 0 aromatic heterocycles. The third-order valence-electron chi connectivity index (χ3n) is 1.58. The zero-order valence-electron chi connectivity index (χ0n) is 8.15. The molecule has 0 aromatic rings. The Hall–Kier alpha value is -0.360. The van der Waals surface area contributed by atoms with E-state index in [1.807, 2.05) is 0 Å². The Labute approximate surface area is 94.3 Å². The highest BCUT2D eigenvalue weighted by Crippen LogP contribution is 2.12. The highest BCUT2D eigenvalue weighted by atomic mass is 32.1. The van der Waals surface area contributed by atoms with Crippen molar-refractivity contribution in [1.82, 2.24) is 5.32 Å². The number of rotatable bonds is 5. The van der Waals surface area contributed by atoms with Crippen LogP contribution in [-0.2, 0) is 9.59 Å². The second kappa shape index (κ2) is 5.50. The van der Waals surface area contributed by atoms with Crippen molar-refractivity contribution in [2.24, 2.45) is 0 Å². The van der Waals surface area contributed by atoms with E-state index in [9.17, 15) is 9.59 Å². The lowest BCUT2D eigenvalue weighted by atomic mass is 10.1. The van der Waals surface area contributed by atoms with E-state index >= 15 is 0 Å². The van der Waals surface area contributed by atoms with Crippen LogP contribution in [0, 0.1) is 0 Å². The SMILES string of the molecule is CC(C)(S)C(=O)NC(CCS)C(=O)O. The number of aliphatic carboxylic acids is 1. The Morgan fingerprint density at radius 2 is 2.00 bits per heavy atom. The molecule has 0 aliphatic carbocycles. The van der Waals surface area contributed by atoms with Gasteiger partial charge in [-0.2, -0.15) is 25.3 Å². The van der Waals surface area contributed by atoms with E-state index in [4.69, 9.17) is 5.11 Å². The molecule has 0 bridgehead atoms. The Kier molecular flexibility index (Phi) is 5.36. The summed E-state index contributed by atoms with van der Waals surface area (Å²) in [6.45, 7) is 3.20. The molecule has 1 unspecified atom stereocenters. The van der Waals surface area contributed by atoms with Crippen LogP contribution in [0.3, 0.4) is 0 Å². The summed E-state index contributed by atoms with van der Waals surface area (Å²) in [5.74, 6) is -1.04. The fourth-order valence-corrected chi connectivity index (χ4v) is 1.04. The number of nitrogens with one attached hydrogen (secondary N) is 1. The van der Waals surface area contributed by atoms with E-state index in [0.29, 0.717) is 12.2 Å². The molecule has 82 valence electrons. The van der Waals surface area contributed by atoms with Crippen LogP contribution in [0.4, 0.5) is 0 Å². The monoisotopic (exact) mass is 237 g/mol. The molecule has 6 heteroatoms. The topological polar surface area (TPSA) is 66.4 Å². The Balaban J connectivity index is 4.31. The summed E-state index contributed by atoms with van der Waals surface area (Å²) in [5.41, 5.74) is 0. The molecule has 0 aliphatic rings. The van der Waals surface area contributed by atoms with Gasteiger partial charge < -0.3 is 10.4 Å². The van der Waals surface area contributed by atoms with Gasteiger partial charge in [-0.25, -0.2) is 4.79 Å². The van der Waals surface area contributed by atoms with Crippen molar-refractivity contribution in [3.05, 3.63) is 0 Å². The molecule has 0 rings (SSSR count). The van der Waals surface area contributed by atoms with E-state index in [0.717, 1.165) is 0 Å².